The van der Waals surface area contributed by atoms with Crippen LogP contribution in [-0.2, 0) is 11.0 Å². The summed E-state index contributed by atoms with van der Waals surface area (Å²) in [5.41, 5.74) is -0.712. The lowest BCUT2D eigenvalue weighted by Crippen LogP contribution is -2.57. The van der Waals surface area contributed by atoms with Gasteiger partial charge < -0.3 is 14.9 Å². The number of rotatable bonds is 3. The first-order chi connectivity index (χ1) is 15.6. The number of nitrogens with zero attached hydrogens (tertiary/aromatic N) is 4. The largest absolute Gasteiger partial charge is 0.418 e. The molecule has 176 valence electrons. The highest BCUT2D eigenvalue weighted by molar-refractivity contribution is 6.21. The molecule has 1 aromatic heterocycles. The van der Waals surface area contributed by atoms with Crippen LogP contribution < -0.4 is 0 Å². The second-order valence-corrected chi connectivity index (χ2v) is 10.0. The van der Waals surface area contributed by atoms with E-state index < -0.39 is 23.8 Å². The predicted molar refractivity (Wildman–Crippen MR) is 112 cm³/mol. The summed E-state index contributed by atoms with van der Waals surface area (Å²) in [4.78, 5) is 32.8. The number of amides is 2. The summed E-state index contributed by atoms with van der Waals surface area (Å²) in [6.07, 6.45) is -1.78. The lowest BCUT2D eigenvalue weighted by molar-refractivity contribution is -0.140. The maximum Gasteiger partial charge on any atom is 0.418 e. The van der Waals surface area contributed by atoms with E-state index >= 15 is 0 Å². The average Bonchev–Trinajstić information content (AvgIpc) is 3.68. The summed E-state index contributed by atoms with van der Waals surface area (Å²) in [5, 5.41) is 10.4. The van der Waals surface area contributed by atoms with Gasteiger partial charge in [-0.15, -0.1) is 0 Å². The van der Waals surface area contributed by atoms with E-state index in [2.05, 4.69) is 4.98 Å². The third-order valence-electron chi connectivity index (χ3n) is 7.57. The Morgan fingerprint density at radius 2 is 1.94 bits per heavy atom. The minimum absolute atomic E-state index is 0.0370. The molecule has 3 aliphatic carbocycles. The summed E-state index contributed by atoms with van der Waals surface area (Å²) >= 11 is 6.31. The second kappa shape index (κ2) is 7.09. The van der Waals surface area contributed by atoms with Crippen molar-refractivity contribution >= 4 is 34.6 Å². The van der Waals surface area contributed by atoms with Crippen molar-refractivity contribution in [3.05, 3.63) is 29.1 Å². The number of aliphatic hydroxyl groups excluding tert-OH is 1. The van der Waals surface area contributed by atoms with Crippen LogP contribution >= 0.6 is 11.8 Å². The van der Waals surface area contributed by atoms with E-state index in [1.165, 1.54) is 4.90 Å². The molecule has 3 saturated carbocycles. The van der Waals surface area contributed by atoms with Crippen molar-refractivity contribution in [1.29, 1.82) is 0 Å². The van der Waals surface area contributed by atoms with Crippen molar-refractivity contribution in [2.45, 2.75) is 49.9 Å². The Bertz CT molecular complexity index is 1180. The van der Waals surface area contributed by atoms with Crippen LogP contribution in [0.15, 0.2) is 12.1 Å². The second-order valence-electron chi connectivity index (χ2n) is 9.69. The molecule has 1 aromatic carbocycles. The lowest BCUT2D eigenvalue weighted by Gasteiger charge is -2.39. The fourth-order valence-electron chi connectivity index (χ4n) is 5.53. The highest BCUT2D eigenvalue weighted by Gasteiger charge is 2.55. The zero-order valence-corrected chi connectivity index (χ0v) is 18.3. The molecule has 0 spiro atoms. The van der Waals surface area contributed by atoms with Crippen molar-refractivity contribution in [3.8, 4) is 0 Å². The first-order valence-corrected chi connectivity index (χ1v) is 11.5. The van der Waals surface area contributed by atoms with Crippen LogP contribution in [0.3, 0.4) is 0 Å². The Morgan fingerprint density at radius 3 is 2.55 bits per heavy atom. The maximum atomic E-state index is 13.7. The fraction of sp³-hybridized carbons (Fsp3) is 0.591. The molecular formula is C22H22ClF3N4O3. The number of aliphatic hydroxyl groups is 1. The number of fused-ring (bicyclic) bond motifs is 2. The summed E-state index contributed by atoms with van der Waals surface area (Å²) in [7, 11) is 0. The summed E-state index contributed by atoms with van der Waals surface area (Å²) in [5.74, 6) is -0.523. The van der Waals surface area contributed by atoms with Gasteiger partial charge in [0.15, 0.2) is 0 Å². The highest BCUT2D eigenvalue weighted by Crippen LogP contribution is 2.53. The Labute approximate surface area is 192 Å². The number of alkyl halides is 3. The van der Waals surface area contributed by atoms with E-state index in [0.717, 1.165) is 35.8 Å². The number of imidazole rings is 1. The molecule has 6 rings (SSSR count). The molecule has 2 heterocycles. The van der Waals surface area contributed by atoms with Crippen molar-refractivity contribution in [1.82, 2.24) is 18.9 Å². The number of carbonyl (C=O) groups excluding carboxylic acids is 2. The molecule has 0 radical (unpaired) electrons. The van der Waals surface area contributed by atoms with Gasteiger partial charge in [0.2, 0.25) is 11.7 Å². The Kier molecular flexibility index (Phi) is 4.56. The smallest absolute Gasteiger partial charge is 0.391 e. The van der Waals surface area contributed by atoms with Gasteiger partial charge in [-0.3, -0.25) is 9.59 Å². The molecule has 4 atom stereocenters. The minimum atomic E-state index is -4.64. The van der Waals surface area contributed by atoms with Crippen LogP contribution in [0.4, 0.5) is 13.2 Å². The molecule has 4 unspecified atom stereocenters. The normalized spacial score (nSPS) is 29.7. The number of halogens is 4. The van der Waals surface area contributed by atoms with Crippen molar-refractivity contribution < 1.29 is 27.9 Å². The number of carbonyl (C=O) groups is 2. The van der Waals surface area contributed by atoms with E-state index in [0.29, 0.717) is 11.5 Å². The maximum absolute atomic E-state index is 13.7. The Morgan fingerprint density at radius 1 is 1.18 bits per heavy atom. The standard InChI is InChI=1S/C22H22ClF3N4O3/c23-30-15-7-11(10-1-2-10)6-14(22(24,25)26)18(15)27-20(30)21(33)28-3-4-29(17(31)9-28)16-8-12-5-13(12)19(16)32/h6-7,10,12-13,16,19,32H,1-5,8-9H2. The number of hydrogen-bond acceptors (Lipinski definition) is 4. The monoisotopic (exact) mass is 482 g/mol. The van der Waals surface area contributed by atoms with Gasteiger partial charge in [-0.1, -0.05) is 0 Å². The van der Waals surface area contributed by atoms with E-state index in [4.69, 9.17) is 11.8 Å². The van der Waals surface area contributed by atoms with Gasteiger partial charge in [0, 0.05) is 24.9 Å². The molecule has 0 bridgehead atoms. The molecule has 1 aliphatic heterocycles. The van der Waals surface area contributed by atoms with E-state index in [-0.39, 0.29) is 60.3 Å². The number of piperazine rings is 1. The van der Waals surface area contributed by atoms with E-state index in [9.17, 15) is 27.9 Å². The van der Waals surface area contributed by atoms with Gasteiger partial charge in [0.1, 0.15) is 12.1 Å². The van der Waals surface area contributed by atoms with Crippen LogP contribution in [0.25, 0.3) is 11.0 Å². The van der Waals surface area contributed by atoms with Crippen LogP contribution in [-0.4, -0.2) is 67.6 Å². The quantitative estimate of drug-likeness (QED) is 0.729. The zero-order chi connectivity index (χ0) is 23.2. The summed E-state index contributed by atoms with van der Waals surface area (Å²) in [6, 6.07) is 2.43. The third-order valence-corrected chi connectivity index (χ3v) is 7.91. The van der Waals surface area contributed by atoms with E-state index in [1.807, 2.05) is 0 Å². The Hall–Kier alpha value is -2.33. The molecule has 33 heavy (non-hydrogen) atoms. The van der Waals surface area contributed by atoms with Crippen LogP contribution in [0.1, 0.15) is 53.3 Å². The number of aromatic nitrogens is 2. The van der Waals surface area contributed by atoms with Gasteiger partial charge in [-0.05, 0) is 61.1 Å². The highest BCUT2D eigenvalue weighted by atomic mass is 35.5. The van der Waals surface area contributed by atoms with Gasteiger partial charge in [-0.2, -0.15) is 13.2 Å². The first-order valence-electron chi connectivity index (χ1n) is 11.2. The molecule has 7 nitrogen and oxygen atoms in total. The molecule has 2 amide bonds. The number of benzene rings is 1. The van der Waals surface area contributed by atoms with Gasteiger partial charge in [0.05, 0.1) is 23.2 Å². The van der Waals surface area contributed by atoms with Crippen LogP contribution in [0.5, 0.6) is 0 Å². The molecule has 1 N–H and O–H groups in total. The topological polar surface area (TPSA) is 78.7 Å². The average molecular weight is 483 g/mol. The number of hydrogen-bond donors (Lipinski definition) is 1. The van der Waals surface area contributed by atoms with Crippen molar-refractivity contribution in [2.75, 3.05) is 19.6 Å². The molecule has 4 fully saturated rings. The van der Waals surface area contributed by atoms with Crippen molar-refractivity contribution in [3.63, 3.8) is 0 Å². The van der Waals surface area contributed by atoms with Gasteiger partial charge in [-0.25, -0.2) is 9.07 Å². The van der Waals surface area contributed by atoms with E-state index in [1.54, 1.807) is 11.0 Å². The Balaban J connectivity index is 1.27. The van der Waals surface area contributed by atoms with Crippen LogP contribution in [0, 0.1) is 11.8 Å². The fourth-order valence-corrected chi connectivity index (χ4v) is 5.77. The first kappa shape index (κ1) is 21.2. The summed E-state index contributed by atoms with van der Waals surface area (Å²) < 4.78 is 42.1. The summed E-state index contributed by atoms with van der Waals surface area (Å²) in [6.45, 7) is 0.230. The molecule has 1 saturated heterocycles. The molecular weight excluding hydrogens is 461 g/mol. The van der Waals surface area contributed by atoms with Gasteiger partial charge >= 0.3 is 6.18 Å². The predicted octanol–water partition coefficient (Wildman–Crippen LogP) is 2.99. The third kappa shape index (κ3) is 3.41. The van der Waals surface area contributed by atoms with Crippen LogP contribution in [0.2, 0.25) is 0 Å². The zero-order valence-electron chi connectivity index (χ0n) is 17.6. The van der Waals surface area contributed by atoms with Gasteiger partial charge in [0.25, 0.3) is 5.91 Å². The molecule has 2 aromatic rings. The molecule has 4 aliphatic rings. The lowest BCUT2D eigenvalue weighted by atomic mass is 10.0. The molecule has 11 heteroatoms. The minimum Gasteiger partial charge on any atom is -0.391 e. The SMILES string of the molecule is O=C(c1nc2c(C(F)(F)F)cc(C3CC3)cc2n1Cl)N1CCN(C2CC3CC3C2O)C(=O)C1. The van der Waals surface area contributed by atoms with Crippen molar-refractivity contribution in [2.24, 2.45) is 11.8 Å².